The molecular formula is C40H73NO6SSi2. The number of carboxylic acid groups (broad SMARTS) is 1. The Kier molecular flexibility index (Phi) is 15.6. The lowest BCUT2D eigenvalue weighted by Crippen LogP contribution is -2.54. The lowest BCUT2D eigenvalue weighted by molar-refractivity contribution is -0.146. The van der Waals surface area contributed by atoms with Gasteiger partial charge in [0.05, 0.1) is 35.4 Å². The molecule has 1 heterocycles. The Bertz CT molecular complexity index is 1310. The summed E-state index contributed by atoms with van der Waals surface area (Å²) in [6.07, 6.45) is 6.60. The Morgan fingerprint density at radius 1 is 0.980 bits per heavy atom. The number of aliphatic hydroxyl groups excluding tert-OH is 1. The lowest BCUT2D eigenvalue weighted by Gasteiger charge is -2.46. The third-order valence-electron chi connectivity index (χ3n) is 12.6. The second-order valence-electron chi connectivity index (χ2n) is 19.1. The molecule has 0 aromatic carbocycles. The summed E-state index contributed by atoms with van der Waals surface area (Å²) in [5.41, 5.74) is 0.892. The van der Waals surface area contributed by atoms with Crippen LogP contribution in [0.4, 0.5) is 0 Å². The van der Waals surface area contributed by atoms with Gasteiger partial charge in [-0.25, -0.2) is 4.98 Å². The Morgan fingerprint density at radius 2 is 1.52 bits per heavy atom. The normalized spacial score (nSPS) is 21.3. The summed E-state index contributed by atoms with van der Waals surface area (Å²) in [5.74, 6) is -0.0820. The Morgan fingerprint density at radius 3 is 1.98 bits per heavy atom. The van der Waals surface area contributed by atoms with Crippen LogP contribution in [0.2, 0.25) is 36.3 Å². The maximum atomic E-state index is 14.6. The number of aliphatic hydroxyl groups is 1. The molecule has 7 atom stereocenters. The zero-order valence-corrected chi connectivity index (χ0v) is 37.3. The van der Waals surface area contributed by atoms with E-state index in [0.717, 1.165) is 48.4 Å². The van der Waals surface area contributed by atoms with Crippen LogP contribution in [0.1, 0.15) is 132 Å². The number of aliphatic carboxylic acids is 1. The number of hydrogen-bond donors (Lipinski definition) is 2. The van der Waals surface area contributed by atoms with Crippen LogP contribution in [0, 0.1) is 36.0 Å². The van der Waals surface area contributed by atoms with Crippen molar-refractivity contribution in [1.29, 1.82) is 0 Å². The molecular weight excluding hydrogens is 679 g/mol. The van der Waals surface area contributed by atoms with Crippen LogP contribution in [0.5, 0.6) is 0 Å². The summed E-state index contributed by atoms with van der Waals surface area (Å²) in [5, 5.41) is 23.8. The molecule has 1 unspecified atom stereocenters. The van der Waals surface area contributed by atoms with E-state index in [1.165, 1.54) is 6.42 Å². The molecule has 2 N–H and O–H groups in total. The molecule has 7 nitrogen and oxygen atoms in total. The van der Waals surface area contributed by atoms with E-state index in [0.29, 0.717) is 11.8 Å². The van der Waals surface area contributed by atoms with Gasteiger partial charge in [0.1, 0.15) is 5.78 Å². The van der Waals surface area contributed by atoms with Gasteiger partial charge < -0.3 is 19.1 Å². The molecule has 1 aliphatic rings. The van der Waals surface area contributed by atoms with E-state index in [1.807, 2.05) is 46.1 Å². The fourth-order valence-corrected chi connectivity index (χ4v) is 10.2. The van der Waals surface area contributed by atoms with Gasteiger partial charge in [-0.05, 0) is 105 Å². The molecule has 1 aliphatic carbocycles. The average molecular weight is 752 g/mol. The molecule has 0 amide bonds. The highest BCUT2D eigenvalue weighted by Crippen LogP contribution is 2.45. The molecule has 0 aliphatic heterocycles. The molecule has 0 radical (unpaired) electrons. The first-order valence-electron chi connectivity index (χ1n) is 19.0. The van der Waals surface area contributed by atoms with Gasteiger partial charge in [0.2, 0.25) is 0 Å². The molecule has 0 bridgehead atoms. The van der Waals surface area contributed by atoms with Crippen molar-refractivity contribution in [2.75, 3.05) is 0 Å². The van der Waals surface area contributed by atoms with Crippen molar-refractivity contribution >= 4 is 45.8 Å². The van der Waals surface area contributed by atoms with Crippen LogP contribution >= 0.6 is 11.3 Å². The molecule has 50 heavy (non-hydrogen) atoms. The summed E-state index contributed by atoms with van der Waals surface area (Å²) in [6, 6.07) is 0. The number of carbonyl (C=O) groups is 2. The number of thiazole rings is 1. The second-order valence-corrected chi connectivity index (χ2v) is 29.7. The zero-order valence-electron chi connectivity index (χ0n) is 34.5. The van der Waals surface area contributed by atoms with Crippen molar-refractivity contribution in [3.8, 4) is 0 Å². The molecule has 1 saturated carbocycles. The highest BCUT2D eigenvalue weighted by atomic mass is 32.1. The number of carboxylic acids is 1. The average Bonchev–Trinajstić information content (AvgIpc) is 3.37. The number of hydrogen-bond acceptors (Lipinski definition) is 7. The largest absolute Gasteiger partial charge is 0.481 e. The first-order valence-corrected chi connectivity index (χ1v) is 25.7. The summed E-state index contributed by atoms with van der Waals surface area (Å²) in [6.45, 7) is 33.8. The molecule has 2 rings (SSSR count). The van der Waals surface area contributed by atoms with Crippen molar-refractivity contribution in [2.24, 2.45) is 29.1 Å². The topological polar surface area (TPSA) is 106 Å². The fraction of sp³-hybridized carbons (Fsp3) is 0.825. The molecule has 288 valence electrons. The van der Waals surface area contributed by atoms with E-state index in [4.69, 9.17) is 8.85 Å². The SMILES string of the molecule is C/C(=C\c1csc(C)n1)C(O)C[C@@H]1CC[C@@H]1CCC[C@H](C)[C@H](O[Si](C)(C)C(C)(C)C)[C@@H](C)C(=O)C(C)(C)[C@H](CC(=O)O)O[Si](C)(C)C(C)(C)C. The third-order valence-corrected chi connectivity index (χ3v) is 22.4. The van der Waals surface area contributed by atoms with Crippen molar-refractivity contribution in [1.82, 2.24) is 4.98 Å². The minimum absolute atomic E-state index is 0.0160. The van der Waals surface area contributed by atoms with Gasteiger partial charge in [-0.1, -0.05) is 82.1 Å². The van der Waals surface area contributed by atoms with Crippen LogP contribution in [0.15, 0.2) is 11.0 Å². The van der Waals surface area contributed by atoms with Gasteiger partial charge in [0, 0.05) is 16.7 Å². The Hall–Kier alpha value is -1.18. The molecule has 1 aromatic heterocycles. The first kappa shape index (κ1) is 45.0. The van der Waals surface area contributed by atoms with Crippen molar-refractivity contribution in [2.45, 2.75) is 183 Å². The van der Waals surface area contributed by atoms with Crippen molar-refractivity contribution in [3.63, 3.8) is 0 Å². The summed E-state index contributed by atoms with van der Waals surface area (Å²) >= 11 is 1.63. The standard InChI is InChI=1S/C40H73NO6SSi2/c1-26(18-17-19-30-20-21-31(30)23-33(42)27(2)22-32-25-48-29(4)41-32)36(47-50(15,16)39(8,9)10)28(3)37(45)40(11,12)34(24-35(43)44)46-49(13,14)38(5,6)7/h22,25-26,28,30-31,33-34,36,42H,17-21,23-24H2,1-16H3,(H,43,44)/b27-22+/t26-,28+,30-,31-,33?,34-,36-/m0/s1. The number of aromatic nitrogens is 1. The van der Waals surface area contributed by atoms with Crippen LogP contribution in [-0.2, 0) is 18.4 Å². The molecule has 1 fully saturated rings. The summed E-state index contributed by atoms with van der Waals surface area (Å²) < 4.78 is 13.9. The number of ketones is 1. The van der Waals surface area contributed by atoms with Gasteiger partial charge in [0.25, 0.3) is 0 Å². The number of aryl methyl sites for hydroxylation is 1. The third kappa shape index (κ3) is 11.9. The second kappa shape index (κ2) is 17.3. The predicted octanol–water partition coefficient (Wildman–Crippen LogP) is 10.9. The lowest BCUT2D eigenvalue weighted by atomic mass is 9.68. The Balaban J connectivity index is 2.21. The van der Waals surface area contributed by atoms with Crippen LogP contribution < -0.4 is 0 Å². The van der Waals surface area contributed by atoms with E-state index in [9.17, 15) is 19.8 Å². The van der Waals surface area contributed by atoms with Gasteiger partial charge >= 0.3 is 5.97 Å². The monoisotopic (exact) mass is 751 g/mol. The van der Waals surface area contributed by atoms with E-state index in [1.54, 1.807) is 11.3 Å². The van der Waals surface area contributed by atoms with E-state index >= 15 is 0 Å². The molecule has 0 saturated heterocycles. The van der Waals surface area contributed by atoms with Crippen molar-refractivity contribution in [3.05, 3.63) is 21.7 Å². The van der Waals surface area contributed by atoms with Crippen LogP contribution in [0.3, 0.4) is 0 Å². The number of rotatable bonds is 19. The van der Waals surface area contributed by atoms with Crippen LogP contribution in [-0.4, -0.2) is 61.9 Å². The van der Waals surface area contributed by atoms with Gasteiger partial charge in [0.15, 0.2) is 16.6 Å². The molecule has 10 heteroatoms. The fourth-order valence-electron chi connectivity index (χ4n) is 6.70. The van der Waals surface area contributed by atoms with Gasteiger partial charge in [-0.2, -0.15) is 0 Å². The maximum absolute atomic E-state index is 14.6. The minimum Gasteiger partial charge on any atom is -0.481 e. The van der Waals surface area contributed by atoms with Gasteiger partial charge in [-0.3, -0.25) is 9.59 Å². The smallest absolute Gasteiger partial charge is 0.305 e. The van der Waals surface area contributed by atoms with E-state index in [-0.39, 0.29) is 34.3 Å². The highest BCUT2D eigenvalue weighted by Gasteiger charge is 2.50. The van der Waals surface area contributed by atoms with E-state index < -0.39 is 46.1 Å². The number of nitrogens with zero attached hydrogens (tertiary/aromatic N) is 1. The van der Waals surface area contributed by atoms with E-state index in [2.05, 4.69) is 79.6 Å². The van der Waals surface area contributed by atoms with Gasteiger partial charge in [-0.15, -0.1) is 11.3 Å². The number of Topliss-reactive ketones (excluding diaryl/α,β-unsaturated/α-hetero) is 1. The summed E-state index contributed by atoms with van der Waals surface area (Å²) in [4.78, 5) is 31.2. The maximum Gasteiger partial charge on any atom is 0.305 e. The molecule has 1 aromatic rings. The zero-order chi connectivity index (χ0) is 38.6. The minimum atomic E-state index is -2.36. The predicted molar refractivity (Wildman–Crippen MR) is 215 cm³/mol. The first-order chi connectivity index (χ1) is 22.6. The van der Waals surface area contributed by atoms with Crippen LogP contribution in [0.25, 0.3) is 6.08 Å². The Labute approximate surface area is 311 Å². The highest BCUT2D eigenvalue weighted by molar-refractivity contribution is 7.09. The number of carbonyl (C=O) groups excluding carboxylic acids is 1. The molecule has 0 spiro atoms. The quantitative estimate of drug-likeness (QED) is 0.136. The summed E-state index contributed by atoms with van der Waals surface area (Å²) in [7, 11) is -4.61. The van der Waals surface area contributed by atoms with Crippen molar-refractivity contribution < 1.29 is 28.7 Å².